The summed E-state index contributed by atoms with van der Waals surface area (Å²) in [7, 11) is 0. The number of benzene rings is 2. The Kier molecular flexibility index (Phi) is 5.74. The minimum atomic E-state index is -0.497. The molecule has 0 saturated carbocycles. The smallest absolute Gasteiger partial charge is 0.268 e. The monoisotopic (exact) mass is 377 g/mol. The van der Waals surface area contributed by atoms with E-state index in [1.807, 2.05) is 37.3 Å². The van der Waals surface area contributed by atoms with Crippen LogP contribution in [-0.2, 0) is 11.2 Å². The quantitative estimate of drug-likeness (QED) is 0.516. The van der Waals surface area contributed by atoms with Crippen LogP contribution in [0.4, 0.5) is 9.52 Å². The first-order chi connectivity index (χ1) is 13.0. The van der Waals surface area contributed by atoms with Gasteiger partial charge in [-0.15, -0.1) is 11.3 Å². The second-order valence-electron chi connectivity index (χ2n) is 5.92. The van der Waals surface area contributed by atoms with E-state index >= 15 is 0 Å². The van der Waals surface area contributed by atoms with Crippen LogP contribution in [0.5, 0.6) is 0 Å². The van der Waals surface area contributed by atoms with Gasteiger partial charge in [-0.05, 0) is 41.8 Å². The van der Waals surface area contributed by atoms with E-state index in [0.717, 1.165) is 21.6 Å². The first kappa shape index (κ1) is 18.5. The average molecular weight is 377 g/mol. The van der Waals surface area contributed by atoms with Crippen LogP contribution in [0.2, 0.25) is 0 Å². The summed E-state index contributed by atoms with van der Waals surface area (Å²) >= 11 is 1.32. The Morgan fingerprint density at radius 2 is 2.00 bits per heavy atom. The summed E-state index contributed by atoms with van der Waals surface area (Å²) in [5, 5.41) is 12.4. The number of hydrogen-bond donors (Lipinski definition) is 1. The van der Waals surface area contributed by atoms with Crippen molar-refractivity contribution in [3.05, 3.63) is 87.7 Å². The summed E-state index contributed by atoms with van der Waals surface area (Å²) in [5.41, 5.74) is 2.77. The highest BCUT2D eigenvalue weighted by Crippen LogP contribution is 2.22. The molecule has 1 aromatic heterocycles. The van der Waals surface area contributed by atoms with Crippen molar-refractivity contribution in [2.24, 2.45) is 0 Å². The van der Waals surface area contributed by atoms with E-state index in [2.05, 4.69) is 10.3 Å². The summed E-state index contributed by atoms with van der Waals surface area (Å²) < 4.78 is 13.0. The number of nitriles is 1. The van der Waals surface area contributed by atoms with Crippen LogP contribution >= 0.6 is 11.3 Å². The number of anilines is 1. The maximum atomic E-state index is 13.0. The third-order valence-electron chi connectivity index (χ3n) is 3.92. The predicted octanol–water partition coefficient (Wildman–Crippen LogP) is 4.73. The van der Waals surface area contributed by atoms with Crippen molar-refractivity contribution < 1.29 is 9.18 Å². The molecule has 4 nitrogen and oxygen atoms in total. The van der Waals surface area contributed by atoms with Crippen LogP contribution < -0.4 is 5.32 Å². The molecule has 0 unspecified atom stereocenters. The molecular weight excluding hydrogens is 361 g/mol. The third kappa shape index (κ3) is 4.87. The van der Waals surface area contributed by atoms with Crippen LogP contribution in [-0.4, -0.2) is 10.9 Å². The molecular formula is C21H16FN3OS. The van der Waals surface area contributed by atoms with Crippen molar-refractivity contribution in [1.29, 1.82) is 5.26 Å². The summed E-state index contributed by atoms with van der Waals surface area (Å²) in [6.07, 6.45) is 3.83. The molecule has 0 radical (unpaired) electrons. The largest absolute Gasteiger partial charge is 0.297 e. The summed E-state index contributed by atoms with van der Waals surface area (Å²) in [6.45, 7) is 1.92. The Labute approximate surface area is 160 Å². The van der Waals surface area contributed by atoms with Gasteiger partial charge in [0.05, 0.1) is 0 Å². The van der Waals surface area contributed by atoms with Crippen molar-refractivity contribution in [1.82, 2.24) is 4.98 Å². The third-order valence-corrected chi connectivity index (χ3v) is 4.83. The first-order valence-corrected chi connectivity index (χ1v) is 9.05. The van der Waals surface area contributed by atoms with Gasteiger partial charge in [0.15, 0.2) is 5.13 Å². The normalized spacial score (nSPS) is 11.1. The fourth-order valence-corrected chi connectivity index (χ4v) is 3.31. The molecule has 0 bridgehead atoms. The van der Waals surface area contributed by atoms with Crippen molar-refractivity contribution in [3.63, 3.8) is 0 Å². The molecule has 134 valence electrons. The van der Waals surface area contributed by atoms with Gasteiger partial charge >= 0.3 is 0 Å². The standard InChI is InChI=1S/C21H16FN3OS/c1-14-4-2-3-5-16(14)11-17(12-23)20(26)25-21-24-13-19(27-21)10-15-6-8-18(22)9-7-15/h2-9,11,13H,10H2,1H3,(H,24,25,26)/b17-11-. The number of carbonyl (C=O) groups excluding carboxylic acids is 1. The zero-order chi connectivity index (χ0) is 19.2. The van der Waals surface area contributed by atoms with E-state index in [1.54, 1.807) is 24.4 Å². The zero-order valence-electron chi connectivity index (χ0n) is 14.6. The Morgan fingerprint density at radius 3 is 2.70 bits per heavy atom. The molecule has 3 aromatic rings. The minimum Gasteiger partial charge on any atom is -0.297 e. The highest BCUT2D eigenvalue weighted by molar-refractivity contribution is 7.15. The number of carbonyl (C=O) groups is 1. The molecule has 1 amide bonds. The lowest BCUT2D eigenvalue weighted by atomic mass is 10.1. The Morgan fingerprint density at radius 1 is 1.26 bits per heavy atom. The Bertz CT molecular complexity index is 1030. The Hall–Kier alpha value is -3.30. The highest BCUT2D eigenvalue weighted by Gasteiger charge is 2.12. The predicted molar refractivity (Wildman–Crippen MR) is 105 cm³/mol. The summed E-state index contributed by atoms with van der Waals surface area (Å²) in [5.74, 6) is -0.774. The first-order valence-electron chi connectivity index (χ1n) is 8.23. The SMILES string of the molecule is Cc1ccccc1/C=C(/C#N)C(=O)Nc1ncc(Cc2ccc(F)cc2)s1. The summed E-state index contributed by atoms with van der Waals surface area (Å²) in [4.78, 5) is 17.5. The van der Waals surface area contributed by atoms with E-state index < -0.39 is 5.91 Å². The molecule has 2 aromatic carbocycles. The highest BCUT2D eigenvalue weighted by atomic mass is 32.1. The number of aromatic nitrogens is 1. The number of amides is 1. The van der Waals surface area contributed by atoms with Gasteiger partial charge in [-0.3, -0.25) is 10.1 Å². The molecule has 0 aliphatic rings. The number of rotatable bonds is 5. The van der Waals surface area contributed by atoms with Crippen LogP contribution in [0, 0.1) is 24.1 Å². The second kappa shape index (κ2) is 8.39. The van der Waals surface area contributed by atoms with Gasteiger partial charge in [-0.1, -0.05) is 36.4 Å². The van der Waals surface area contributed by atoms with Crippen LogP contribution in [0.15, 0.2) is 60.3 Å². The van der Waals surface area contributed by atoms with Gasteiger partial charge in [0.1, 0.15) is 17.5 Å². The van der Waals surface area contributed by atoms with Crippen molar-refractivity contribution >= 4 is 28.5 Å². The maximum absolute atomic E-state index is 13.0. The van der Waals surface area contributed by atoms with Gasteiger partial charge < -0.3 is 0 Å². The number of halogens is 1. The molecule has 0 aliphatic carbocycles. The average Bonchev–Trinajstić information content (AvgIpc) is 3.09. The molecule has 0 saturated heterocycles. The molecule has 6 heteroatoms. The lowest BCUT2D eigenvalue weighted by Gasteiger charge is -2.02. The van der Waals surface area contributed by atoms with Gasteiger partial charge in [-0.2, -0.15) is 5.26 Å². The molecule has 0 spiro atoms. The minimum absolute atomic E-state index is 0.0135. The fourth-order valence-electron chi connectivity index (χ4n) is 2.47. The van der Waals surface area contributed by atoms with Crippen LogP contribution in [0.1, 0.15) is 21.6 Å². The van der Waals surface area contributed by atoms with Crippen molar-refractivity contribution in [3.8, 4) is 6.07 Å². The molecule has 0 aliphatic heterocycles. The van der Waals surface area contributed by atoms with E-state index in [9.17, 15) is 14.4 Å². The number of thiazole rings is 1. The molecule has 27 heavy (non-hydrogen) atoms. The number of aryl methyl sites for hydroxylation is 1. The molecule has 0 atom stereocenters. The maximum Gasteiger partial charge on any atom is 0.268 e. The van der Waals surface area contributed by atoms with E-state index in [-0.39, 0.29) is 11.4 Å². The number of nitrogens with zero attached hydrogens (tertiary/aromatic N) is 2. The fraction of sp³-hybridized carbons (Fsp3) is 0.0952. The van der Waals surface area contributed by atoms with Crippen molar-refractivity contribution in [2.45, 2.75) is 13.3 Å². The van der Waals surface area contributed by atoms with E-state index in [1.165, 1.54) is 23.5 Å². The molecule has 1 heterocycles. The van der Waals surface area contributed by atoms with E-state index in [0.29, 0.717) is 11.6 Å². The van der Waals surface area contributed by atoms with Gasteiger partial charge in [-0.25, -0.2) is 9.37 Å². The molecule has 3 rings (SSSR count). The number of hydrogen-bond acceptors (Lipinski definition) is 4. The van der Waals surface area contributed by atoms with Crippen LogP contribution in [0.25, 0.3) is 6.08 Å². The topological polar surface area (TPSA) is 65.8 Å². The lowest BCUT2D eigenvalue weighted by Crippen LogP contribution is -2.13. The lowest BCUT2D eigenvalue weighted by molar-refractivity contribution is -0.112. The zero-order valence-corrected chi connectivity index (χ0v) is 15.4. The van der Waals surface area contributed by atoms with Crippen LogP contribution in [0.3, 0.4) is 0 Å². The molecule has 0 fully saturated rings. The van der Waals surface area contributed by atoms with Gasteiger partial charge in [0.2, 0.25) is 0 Å². The number of nitrogens with one attached hydrogen (secondary N) is 1. The van der Waals surface area contributed by atoms with Gasteiger partial charge in [0.25, 0.3) is 5.91 Å². The summed E-state index contributed by atoms with van der Waals surface area (Å²) in [6, 6.07) is 15.7. The second-order valence-corrected chi connectivity index (χ2v) is 7.03. The molecule has 1 N–H and O–H groups in total. The van der Waals surface area contributed by atoms with E-state index in [4.69, 9.17) is 0 Å². The van der Waals surface area contributed by atoms with Gasteiger partial charge in [0, 0.05) is 17.5 Å². The Balaban J connectivity index is 1.70. The van der Waals surface area contributed by atoms with Crippen molar-refractivity contribution in [2.75, 3.05) is 5.32 Å².